The van der Waals surface area contributed by atoms with Crippen LogP contribution in [0.15, 0.2) is 72.8 Å². The van der Waals surface area contributed by atoms with Gasteiger partial charge in [0.2, 0.25) is 0 Å². The van der Waals surface area contributed by atoms with E-state index in [1.54, 1.807) is 0 Å². The molecular weight excluding hydrogens is 403 g/mol. The molecule has 27 heavy (non-hydrogen) atoms. The van der Waals surface area contributed by atoms with Crippen molar-refractivity contribution < 1.29 is 9.53 Å². The second kappa shape index (κ2) is 8.35. The molecule has 0 radical (unpaired) electrons. The molecule has 0 N–H and O–H groups in total. The first-order chi connectivity index (χ1) is 13.0. The van der Waals surface area contributed by atoms with Crippen molar-refractivity contribution in [3.05, 3.63) is 105 Å². The molecule has 3 aromatic carbocycles. The molecule has 138 valence electrons. The molecule has 0 aliphatic heterocycles. The third kappa shape index (κ3) is 4.14. The van der Waals surface area contributed by atoms with E-state index in [-0.39, 0.29) is 12.4 Å². The van der Waals surface area contributed by atoms with Crippen molar-refractivity contribution in [2.75, 3.05) is 7.11 Å². The number of rotatable bonds is 5. The Labute approximate surface area is 173 Å². The van der Waals surface area contributed by atoms with Gasteiger partial charge < -0.3 is 4.74 Å². The van der Waals surface area contributed by atoms with E-state index in [0.717, 1.165) is 16.7 Å². The second-order valence-corrected chi connectivity index (χ2v) is 7.49. The van der Waals surface area contributed by atoms with Crippen LogP contribution < -0.4 is 0 Å². The molecule has 0 saturated carbocycles. The number of ether oxygens (including phenoxy) is 1. The highest BCUT2D eigenvalue weighted by atomic mass is 35.5. The molecule has 0 heterocycles. The Hall–Kier alpha value is -2.00. The Morgan fingerprint density at radius 2 is 1.00 bits per heavy atom. The van der Waals surface area contributed by atoms with Crippen molar-refractivity contribution in [1.82, 2.24) is 0 Å². The molecule has 0 saturated heterocycles. The lowest BCUT2D eigenvalue weighted by atomic mass is 9.67. The standard InChI is InChI=1S/C22H17Cl3O2/c1-27-21(26)14-22(15-2-8-18(23)9-3-15,16-4-10-19(24)11-5-16)17-6-12-20(25)13-7-17/h2-13H,14H2,1H3. The van der Waals surface area contributed by atoms with E-state index in [1.165, 1.54) is 7.11 Å². The summed E-state index contributed by atoms with van der Waals surface area (Å²) in [5.74, 6) is -0.324. The van der Waals surface area contributed by atoms with Crippen LogP contribution in [0, 0.1) is 0 Å². The lowest BCUT2D eigenvalue weighted by Gasteiger charge is -2.35. The Morgan fingerprint density at radius 1 is 0.704 bits per heavy atom. The van der Waals surface area contributed by atoms with E-state index in [2.05, 4.69) is 0 Å². The Balaban J connectivity index is 2.32. The Bertz CT molecular complexity index is 806. The minimum Gasteiger partial charge on any atom is -0.469 e. The van der Waals surface area contributed by atoms with E-state index in [0.29, 0.717) is 15.1 Å². The summed E-state index contributed by atoms with van der Waals surface area (Å²) in [6.45, 7) is 0. The van der Waals surface area contributed by atoms with Crippen LogP contribution in [0.4, 0.5) is 0 Å². The third-order valence-electron chi connectivity index (χ3n) is 4.65. The van der Waals surface area contributed by atoms with E-state index in [4.69, 9.17) is 39.5 Å². The molecule has 0 aromatic heterocycles. The summed E-state index contributed by atoms with van der Waals surface area (Å²) in [7, 11) is 1.39. The van der Waals surface area contributed by atoms with Gasteiger partial charge in [-0.25, -0.2) is 0 Å². The summed E-state index contributed by atoms with van der Waals surface area (Å²) in [4.78, 5) is 12.4. The molecule has 0 fully saturated rings. The highest BCUT2D eigenvalue weighted by Crippen LogP contribution is 2.43. The van der Waals surface area contributed by atoms with Crippen molar-refractivity contribution in [1.29, 1.82) is 0 Å². The van der Waals surface area contributed by atoms with Crippen LogP contribution in [0.5, 0.6) is 0 Å². The zero-order valence-electron chi connectivity index (χ0n) is 14.6. The highest BCUT2D eigenvalue weighted by Gasteiger charge is 2.39. The summed E-state index contributed by atoms with van der Waals surface area (Å²) in [6, 6.07) is 22.4. The van der Waals surface area contributed by atoms with E-state index < -0.39 is 5.41 Å². The van der Waals surface area contributed by atoms with Crippen LogP contribution in [-0.2, 0) is 14.9 Å². The van der Waals surface area contributed by atoms with Crippen LogP contribution >= 0.6 is 34.8 Å². The van der Waals surface area contributed by atoms with Crippen LogP contribution in [-0.4, -0.2) is 13.1 Å². The van der Waals surface area contributed by atoms with Gasteiger partial charge in [-0.3, -0.25) is 4.79 Å². The molecule has 0 bridgehead atoms. The smallest absolute Gasteiger partial charge is 0.307 e. The van der Waals surface area contributed by atoms with Gasteiger partial charge in [0.15, 0.2) is 0 Å². The lowest BCUT2D eigenvalue weighted by Crippen LogP contribution is -2.32. The zero-order chi connectivity index (χ0) is 19.4. The summed E-state index contributed by atoms with van der Waals surface area (Å²) in [5, 5.41) is 1.87. The quantitative estimate of drug-likeness (QED) is 0.346. The number of hydrogen-bond acceptors (Lipinski definition) is 2. The second-order valence-electron chi connectivity index (χ2n) is 6.18. The van der Waals surface area contributed by atoms with Gasteiger partial charge in [0, 0.05) is 15.1 Å². The van der Waals surface area contributed by atoms with Gasteiger partial charge in [0.25, 0.3) is 0 Å². The van der Waals surface area contributed by atoms with Gasteiger partial charge >= 0.3 is 5.97 Å². The van der Waals surface area contributed by atoms with Crippen molar-refractivity contribution in [2.24, 2.45) is 0 Å². The number of benzene rings is 3. The number of halogens is 3. The van der Waals surface area contributed by atoms with Crippen molar-refractivity contribution in [3.63, 3.8) is 0 Å². The average molecular weight is 420 g/mol. The Morgan fingerprint density at radius 3 is 1.26 bits per heavy atom. The summed E-state index contributed by atoms with van der Waals surface area (Å²) in [5.41, 5.74) is 1.98. The summed E-state index contributed by atoms with van der Waals surface area (Å²) < 4.78 is 5.02. The zero-order valence-corrected chi connectivity index (χ0v) is 16.9. The molecule has 3 rings (SSSR count). The number of hydrogen-bond donors (Lipinski definition) is 0. The fraction of sp³-hybridized carbons (Fsp3) is 0.136. The van der Waals surface area contributed by atoms with Crippen LogP contribution in [0.25, 0.3) is 0 Å². The van der Waals surface area contributed by atoms with Crippen LogP contribution in [0.2, 0.25) is 15.1 Å². The molecule has 0 unspecified atom stereocenters. The van der Waals surface area contributed by atoms with Gasteiger partial charge in [-0.15, -0.1) is 0 Å². The Kier molecular flexibility index (Phi) is 6.11. The van der Waals surface area contributed by atoms with E-state index in [9.17, 15) is 4.79 Å². The van der Waals surface area contributed by atoms with Gasteiger partial charge in [0.05, 0.1) is 18.9 Å². The lowest BCUT2D eigenvalue weighted by molar-refractivity contribution is -0.141. The number of methoxy groups -OCH3 is 1. The highest BCUT2D eigenvalue weighted by molar-refractivity contribution is 6.31. The first kappa shape index (κ1) is 19.8. The maximum Gasteiger partial charge on any atom is 0.307 e. The molecule has 0 spiro atoms. The molecule has 5 heteroatoms. The number of carbonyl (C=O) groups excluding carboxylic acids is 1. The first-order valence-corrected chi connectivity index (χ1v) is 9.44. The van der Waals surface area contributed by atoms with Crippen molar-refractivity contribution >= 4 is 40.8 Å². The summed E-state index contributed by atoms with van der Waals surface area (Å²) in [6.07, 6.45) is 0.119. The van der Waals surface area contributed by atoms with E-state index in [1.807, 2.05) is 72.8 Å². The fourth-order valence-corrected chi connectivity index (χ4v) is 3.68. The minimum atomic E-state index is -0.771. The van der Waals surface area contributed by atoms with Gasteiger partial charge in [-0.2, -0.15) is 0 Å². The van der Waals surface area contributed by atoms with E-state index >= 15 is 0 Å². The number of carbonyl (C=O) groups is 1. The van der Waals surface area contributed by atoms with Gasteiger partial charge in [0.1, 0.15) is 0 Å². The largest absolute Gasteiger partial charge is 0.469 e. The summed E-state index contributed by atoms with van der Waals surface area (Å²) >= 11 is 18.3. The molecule has 0 aliphatic carbocycles. The van der Waals surface area contributed by atoms with Gasteiger partial charge in [-0.1, -0.05) is 71.2 Å². The SMILES string of the molecule is COC(=O)CC(c1ccc(Cl)cc1)(c1ccc(Cl)cc1)c1ccc(Cl)cc1. The average Bonchev–Trinajstić information content (AvgIpc) is 2.68. The van der Waals surface area contributed by atoms with Crippen LogP contribution in [0.1, 0.15) is 23.1 Å². The third-order valence-corrected chi connectivity index (χ3v) is 5.40. The fourth-order valence-electron chi connectivity index (χ4n) is 3.30. The molecular formula is C22H17Cl3O2. The predicted octanol–water partition coefficient (Wildman–Crippen LogP) is 6.54. The molecule has 0 atom stereocenters. The maximum atomic E-state index is 12.4. The maximum absolute atomic E-state index is 12.4. The predicted molar refractivity (Wildman–Crippen MR) is 111 cm³/mol. The minimum absolute atomic E-state index is 0.119. The normalized spacial score (nSPS) is 11.3. The van der Waals surface area contributed by atoms with Crippen LogP contribution in [0.3, 0.4) is 0 Å². The topological polar surface area (TPSA) is 26.3 Å². The molecule has 0 aliphatic rings. The molecule has 0 amide bonds. The first-order valence-electron chi connectivity index (χ1n) is 8.30. The van der Waals surface area contributed by atoms with Crippen molar-refractivity contribution in [2.45, 2.75) is 11.8 Å². The molecule has 2 nitrogen and oxygen atoms in total. The molecule has 3 aromatic rings. The number of esters is 1. The monoisotopic (exact) mass is 418 g/mol. The van der Waals surface area contributed by atoms with Gasteiger partial charge in [-0.05, 0) is 53.1 Å². The van der Waals surface area contributed by atoms with Crippen molar-refractivity contribution in [3.8, 4) is 0 Å².